The van der Waals surface area contributed by atoms with Crippen LogP contribution >= 0.6 is 11.8 Å². The zero-order chi connectivity index (χ0) is 48.8. The number of hydrogen-bond donors (Lipinski definition) is 0. The minimum Gasteiger partial charge on any atom is -0.379 e. The van der Waals surface area contributed by atoms with E-state index in [1.54, 1.807) is 21.3 Å². The van der Waals surface area contributed by atoms with Gasteiger partial charge in [0.25, 0.3) is 0 Å². The molecule has 0 aromatic heterocycles. The summed E-state index contributed by atoms with van der Waals surface area (Å²) in [6.07, 6.45) is 1.77. The number of piperazine rings is 1. The lowest BCUT2D eigenvalue weighted by molar-refractivity contribution is -0.0879. The summed E-state index contributed by atoms with van der Waals surface area (Å²) in [6.45, 7) is 22.8. The Morgan fingerprint density at radius 3 is 1.32 bits per heavy atom. The number of nitrogens with zero attached hydrogens (tertiary/aromatic N) is 3. The smallest absolute Gasteiger partial charge is 0.104 e. The fourth-order valence-electron chi connectivity index (χ4n) is 7.42. The third kappa shape index (κ3) is 26.5. The van der Waals surface area contributed by atoms with Gasteiger partial charge in [-0.1, -0.05) is 36.9 Å². The van der Waals surface area contributed by atoms with Crippen molar-refractivity contribution in [2.75, 3.05) is 217 Å². The molecule has 0 saturated carbocycles. The van der Waals surface area contributed by atoms with E-state index in [2.05, 4.69) is 71.0 Å². The highest BCUT2D eigenvalue weighted by Gasteiger charge is 2.24. The van der Waals surface area contributed by atoms with Gasteiger partial charge >= 0.3 is 0 Å². The van der Waals surface area contributed by atoms with Gasteiger partial charge in [0.05, 0.1) is 163 Å². The van der Waals surface area contributed by atoms with Crippen molar-refractivity contribution < 1.29 is 66.3 Å². The first-order valence-electron chi connectivity index (χ1n) is 25.1. The first-order chi connectivity index (χ1) is 34.0. The number of aryl methyl sites for hydroxylation is 1. The number of hydrogen-bond acceptors (Lipinski definition) is 18. The Hall–Kier alpha value is -2.05. The molecule has 17 nitrogen and oxygen atoms in total. The Morgan fingerprint density at radius 2 is 0.841 bits per heavy atom. The van der Waals surface area contributed by atoms with Gasteiger partial charge in [-0.05, 0) is 56.1 Å². The summed E-state index contributed by atoms with van der Waals surface area (Å²) in [5.74, 6) is 0. The second-order valence-corrected chi connectivity index (χ2v) is 17.8. The minimum atomic E-state index is -0.186. The number of benzene rings is 2. The van der Waals surface area contributed by atoms with Crippen molar-refractivity contribution in [1.29, 1.82) is 0 Å². The average molecular weight is 998 g/mol. The van der Waals surface area contributed by atoms with Gasteiger partial charge in [0, 0.05) is 70.4 Å². The molecule has 2 aromatic carbocycles. The lowest BCUT2D eigenvalue weighted by Crippen LogP contribution is -2.47. The van der Waals surface area contributed by atoms with E-state index < -0.39 is 0 Å². The molecule has 0 bridgehead atoms. The van der Waals surface area contributed by atoms with Gasteiger partial charge in [0.1, 0.15) is 12.2 Å². The molecular weight excluding hydrogens is 911 g/mol. The molecule has 18 heteroatoms. The van der Waals surface area contributed by atoms with Crippen molar-refractivity contribution in [2.45, 2.75) is 54.8 Å². The maximum atomic E-state index is 5.85. The van der Waals surface area contributed by atoms with Crippen LogP contribution in [0.15, 0.2) is 52.3 Å². The number of anilines is 2. The van der Waals surface area contributed by atoms with Crippen LogP contribution in [-0.4, -0.2) is 241 Å². The zero-order valence-electron chi connectivity index (χ0n) is 42.7. The summed E-state index contributed by atoms with van der Waals surface area (Å²) >= 11 is 1.88. The summed E-state index contributed by atoms with van der Waals surface area (Å²) in [5.41, 5.74) is 3.98. The lowest BCUT2D eigenvalue weighted by atomic mass is 10.1. The fraction of sp³-hybridized carbons (Fsp3) is 0.765. The van der Waals surface area contributed by atoms with Crippen LogP contribution in [0.1, 0.15) is 25.3 Å². The van der Waals surface area contributed by atoms with Crippen molar-refractivity contribution in [2.24, 2.45) is 0 Å². The molecule has 0 aliphatic carbocycles. The molecule has 1 saturated heterocycles. The molecule has 3 atom stereocenters. The first-order valence-corrected chi connectivity index (χ1v) is 25.9. The predicted molar refractivity (Wildman–Crippen MR) is 268 cm³/mol. The highest BCUT2D eigenvalue weighted by Crippen LogP contribution is 2.48. The Kier molecular flexibility index (Phi) is 34.0. The molecular formula is C51H87N3O14S. The Bertz CT molecular complexity index is 1530. The third-order valence-electron chi connectivity index (χ3n) is 11.6. The topological polar surface area (TPSA) is 139 Å². The van der Waals surface area contributed by atoms with Crippen LogP contribution in [0.3, 0.4) is 0 Å². The van der Waals surface area contributed by atoms with E-state index in [-0.39, 0.29) is 18.3 Å². The van der Waals surface area contributed by atoms with Gasteiger partial charge in [-0.2, -0.15) is 0 Å². The van der Waals surface area contributed by atoms with E-state index in [0.717, 1.165) is 65.3 Å². The molecule has 0 amide bonds. The first kappa shape index (κ1) is 59.5. The quantitative estimate of drug-likeness (QED) is 0.0799. The Balaban J connectivity index is 0.808. The molecule has 2 aliphatic heterocycles. The number of ether oxygens (including phenoxy) is 14. The van der Waals surface area contributed by atoms with Gasteiger partial charge < -0.3 is 76.1 Å². The van der Waals surface area contributed by atoms with Crippen LogP contribution < -0.4 is 4.90 Å². The molecule has 396 valence electrons. The van der Waals surface area contributed by atoms with Crippen molar-refractivity contribution in [1.82, 2.24) is 9.80 Å². The zero-order valence-corrected chi connectivity index (χ0v) is 43.5. The summed E-state index contributed by atoms with van der Waals surface area (Å²) in [5, 5.41) is 0. The minimum absolute atomic E-state index is 0.0870. The van der Waals surface area contributed by atoms with Crippen LogP contribution in [0.25, 0.3) is 0 Å². The molecule has 69 heavy (non-hydrogen) atoms. The van der Waals surface area contributed by atoms with Crippen LogP contribution in [0, 0.1) is 6.92 Å². The molecule has 4 rings (SSSR count). The van der Waals surface area contributed by atoms with Crippen molar-refractivity contribution in [3.63, 3.8) is 0 Å². The van der Waals surface area contributed by atoms with Crippen molar-refractivity contribution in [3.05, 3.63) is 48.0 Å². The number of methoxy groups -OCH3 is 3. The maximum Gasteiger partial charge on any atom is 0.104 e. The van der Waals surface area contributed by atoms with E-state index in [0.29, 0.717) is 139 Å². The predicted octanol–water partition coefficient (Wildman–Crippen LogP) is 5.24. The highest BCUT2D eigenvalue weighted by molar-refractivity contribution is 7.99. The van der Waals surface area contributed by atoms with E-state index in [9.17, 15) is 0 Å². The van der Waals surface area contributed by atoms with Crippen LogP contribution in [-0.2, 0) is 66.3 Å². The summed E-state index contributed by atoms with van der Waals surface area (Å²) in [6, 6.07) is 15.6. The van der Waals surface area contributed by atoms with Gasteiger partial charge in [-0.25, -0.2) is 0 Å². The van der Waals surface area contributed by atoms with Crippen molar-refractivity contribution in [3.8, 4) is 0 Å². The number of fused-ring (bicyclic) bond motifs is 2. The molecule has 2 aromatic rings. The lowest BCUT2D eigenvalue weighted by Gasteiger charge is -2.36. The van der Waals surface area contributed by atoms with Crippen molar-refractivity contribution >= 4 is 23.1 Å². The van der Waals surface area contributed by atoms with Crippen LogP contribution in [0.2, 0.25) is 0 Å². The van der Waals surface area contributed by atoms with Gasteiger partial charge in [0.15, 0.2) is 0 Å². The normalized spacial score (nSPS) is 15.6. The van der Waals surface area contributed by atoms with Gasteiger partial charge in [0.2, 0.25) is 0 Å². The molecule has 1 fully saturated rings. The monoisotopic (exact) mass is 998 g/mol. The summed E-state index contributed by atoms with van der Waals surface area (Å²) in [7, 11) is 4.97. The number of rotatable bonds is 45. The number of para-hydroxylation sites is 1. The van der Waals surface area contributed by atoms with Crippen LogP contribution in [0.5, 0.6) is 0 Å². The molecule has 2 heterocycles. The SMILES string of the molecule is CCC(COCC(COCC(COCCOCCOCCOCCOCCOCCOCCOCCOCCN1CCN(CCCN2c3ccccc3Sc3ccc(C)cc32)CC1)OC)OC)OC. The second kappa shape index (κ2) is 39.5. The van der Waals surface area contributed by atoms with Gasteiger partial charge in [-0.15, -0.1) is 0 Å². The second-order valence-electron chi connectivity index (χ2n) is 16.8. The molecule has 2 aliphatic rings. The van der Waals surface area contributed by atoms with Crippen LogP contribution in [0.4, 0.5) is 11.4 Å². The molecule has 0 spiro atoms. The molecule has 3 unspecified atom stereocenters. The Morgan fingerprint density at radius 1 is 0.435 bits per heavy atom. The van der Waals surface area contributed by atoms with E-state index in [1.807, 2.05) is 11.8 Å². The van der Waals surface area contributed by atoms with E-state index in [4.69, 9.17) is 66.3 Å². The standard InChI is InChI=1S/C51H87N3O14S/c1-6-45(55-3)39-67-42-47(57-5)43-68-41-46(56-4)40-66-37-36-65-35-34-64-33-32-63-31-30-62-29-28-61-27-26-60-25-24-59-23-22-58-21-20-53-18-16-52(17-19-53)14-9-15-54-48-10-7-8-11-50(48)69-51-13-12-44(2)38-49(51)54/h7-8,10-13,38,45-47H,6,9,14-37,39-43H2,1-5H3. The summed E-state index contributed by atoms with van der Waals surface area (Å²) < 4.78 is 78.3. The highest BCUT2D eigenvalue weighted by atomic mass is 32.2. The summed E-state index contributed by atoms with van der Waals surface area (Å²) in [4.78, 5) is 10.3. The largest absolute Gasteiger partial charge is 0.379 e. The maximum absolute atomic E-state index is 5.85. The molecule has 0 radical (unpaired) electrons. The Labute approximate surface area is 418 Å². The van der Waals surface area contributed by atoms with Gasteiger partial charge in [-0.3, -0.25) is 4.90 Å². The third-order valence-corrected chi connectivity index (χ3v) is 12.7. The average Bonchev–Trinajstić information content (AvgIpc) is 3.37. The molecule has 0 N–H and O–H groups in total. The fourth-order valence-corrected chi connectivity index (χ4v) is 8.50. The van der Waals surface area contributed by atoms with E-state index >= 15 is 0 Å². The van der Waals surface area contributed by atoms with E-state index in [1.165, 1.54) is 26.7 Å².